The highest BCUT2D eigenvalue weighted by Gasteiger charge is 2.09. The van der Waals surface area contributed by atoms with Gasteiger partial charge in [0.05, 0.1) is 6.54 Å². The van der Waals surface area contributed by atoms with Crippen LogP contribution in [0, 0.1) is 20.8 Å². The van der Waals surface area contributed by atoms with E-state index < -0.39 is 5.91 Å². The second-order valence-electron chi connectivity index (χ2n) is 5.56. The Kier molecular flexibility index (Phi) is 5.01. The number of benzene rings is 2. The van der Waals surface area contributed by atoms with Crippen LogP contribution in [0.25, 0.3) is 0 Å². The monoisotopic (exact) mass is 311 g/mol. The number of aryl methyl sites for hydroxylation is 3. The Hall–Kier alpha value is -2.82. The van der Waals surface area contributed by atoms with E-state index in [4.69, 9.17) is 5.73 Å². The van der Waals surface area contributed by atoms with Crippen LogP contribution in [0.15, 0.2) is 36.4 Å². The number of hydrogen-bond acceptors (Lipinski definition) is 3. The lowest BCUT2D eigenvalue weighted by atomic mass is 10.1. The molecule has 0 saturated heterocycles. The molecule has 0 aliphatic carbocycles. The van der Waals surface area contributed by atoms with Crippen LogP contribution in [0.3, 0.4) is 0 Å². The van der Waals surface area contributed by atoms with Gasteiger partial charge in [0.25, 0.3) is 0 Å². The Bertz CT molecular complexity index is 734. The summed E-state index contributed by atoms with van der Waals surface area (Å²) in [5, 5.41) is 6.00. The van der Waals surface area contributed by atoms with E-state index in [1.54, 1.807) is 18.2 Å². The molecular formula is C18H21N3O2. The Morgan fingerprint density at radius 1 is 1.00 bits per heavy atom. The summed E-state index contributed by atoms with van der Waals surface area (Å²) in [4.78, 5) is 23.3. The molecule has 0 aliphatic heterocycles. The molecule has 120 valence electrons. The fraction of sp³-hybridized carbons (Fsp3) is 0.222. The van der Waals surface area contributed by atoms with Gasteiger partial charge in [-0.1, -0.05) is 18.2 Å². The summed E-state index contributed by atoms with van der Waals surface area (Å²) in [6, 6.07) is 11.0. The fourth-order valence-electron chi connectivity index (χ4n) is 2.39. The van der Waals surface area contributed by atoms with Crippen LogP contribution >= 0.6 is 0 Å². The number of nitrogens with one attached hydrogen (secondary N) is 2. The third-order valence-electron chi connectivity index (χ3n) is 3.70. The second kappa shape index (κ2) is 6.96. The van der Waals surface area contributed by atoms with Crippen LogP contribution < -0.4 is 16.4 Å². The number of amides is 2. The summed E-state index contributed by atoms with van der Waals surface area (Å²) in [6.07, 6.45) is 0. The van der Waals surface area contributed by atoms with Gasteiger partial charge in [-0.2, -0.15) is 0 Å². The minimum Gasteiger partial charge on any atom is -0.376 e. The number of carbonyl (C=O) groups excluding carboxylic acids is 2. The van der Waals surface area contributed by atoms with Gasteiger partial charge in [-0.3, -0.25) is 9.59 Å². The van der Waals surface area contributed by atoms with Crippen LogP contribution in [-0.2, 0) is 4.79 Å². The van der Waals surface area contributed by atoms with Crippen LogP contribution in [0.1, 0.15) is 27.0 Å². The topological polar surface area (TPSA) is 84.2 Å². The quantitative estimate of drug-likeness (QED) is 0.794. The molecule has 2 rings (SSSR count). The number of primary amides is 1. The number of hydrogen-bond donors (Lipinski definition) is 3. The zero-order valence-electron chi connectivity index (χ0n) is 13.6. The molecule has 4 N–H and O–H groups in total. The smallest absolute Gasteiger partial charge is 0.248 e. The van der Waals surface area contributed by atoms with Crippen molar-refractivity contribution in [2.45, 2.75) is 20.8 Å². The van der Waals surface area contributed by atoms with E-state index in [1.807, 2.05) is 39.0 Å². The van der Waals surface area contributed by atoms with Gasteiger partial charge in [-0.25, -0.2) is 0 Å². The SMILES string of the molecule is Cc1cc(C(N)=O)ccc1NCC(=O)Nc1c(C)cccc1C. The van der Waals surface area contributed by atoms with Gasteiger partial charge in [0.15, 0.2) is 0 Å². The maximum Gasteiger partial charge on any atom is 0.248 e. The molecule has 0 aliphatic rings. The lowest BCUT2D eigenvalue weighted by Crippen LogP contribution is -2.23. The molecule has 0 bridgehead atoms. The van der Waals surface area contributed by atoms with Crippen molar-refractivity contribution in [3.8, 4) is 0 Å². The molecule has 23 heavy (non-hydrogen) atoms. The first kappa shape index (κ1) is 16.5. The highest BCUT2D eigenvalue weighted by Crippen LogP contribution is 2.20. The standard InChI is InChI=1S/C18H21N3O2/c1-11-5-4-6-12(2)17(11)21-16(22)10-20-15-8-7-14(18(19)23)9-13(15)3/h4-9,20H,10H2,1-3H3,(H2,19,23)(H,21,22). The van der Waals surface area contributed by atoms with Crippen molar-refractivity contribution in [2.24, 2.45) is 5.73 Å². The molecular weight excluding hydrogens is 290 g/mol. The van der Waals surface area contributed by atoms with Crippen LogP contribution in [-0.4, -0.2) is 18.4 Å². The molecule has 0 radical (unpaired) electrons. The van der Waals surface area contributed by atoms with Gasteiger partial charge in [0.2, 0.25) is 11.8 Å². The van der Waals surface area contributed by atoms with E-state index in [0.29, 0.717) is 5.56 Å². The molecule has 5 nitrogen and oxygen atoms in total. The molecule has 2 aromatic rings. The largest absolute Gasteiger partial charge is 0.376 e. The first-order valence-corrected chi connectivity index (χ1v) is 7.39. The molecule has 0 fully saturated rings. The zero-order valence-corrected chi connectivity index (χ0v) is 13.6. The highest BCUT2D eigenvalue weighted by molar-refractivity contribution is 5.96. The number of para-hydroxylation sites is 1. The van der Waals surface area contributed by atoms with Crippen molar-refractivity contribution >= 4 is 23.2 Å². The third-order valence-corrected chi connectivity index (χ3v) is 3.70. The zero-order chi connectivity index (χ0) is 17.0. The van der Waals surface area contributed by atoms with E-state index in [0.717, 1.165) is 28.1 Å². The predicted molar refractivity (Wildman–Crippen MR) is 92.7 cm³/mol. The van der Waals surface area contributed by atoms with Gasteiger partial charge < -0.3 is 16.4 Å². The maximum atomic E-state index is 12.1. The van der Waals surface area contributed by atoms with Crippen LogP contribution in [0.2, 0.25) is 0 Å². The summed E-state index contributed by atoms with van der Waals surface area (Å²) in [5.41, 5.74) is 10.3. The van der Waals surface area contributed by atoms with Crippen molar-refractivity contribution in [2.75, 3.05) is 17.2 Å². The first-order chi connectivity index (χ1) is 10.9. The number of rotatable bonds is 5. The van der Waals surface area contributed by atoms with Gasteiger partial charge in [-0.05, 0) is 55.7 Å². The summed E-state index contributed by atoms with van der Waals surface area (Å²) < 4.78 is 0. The molecule has 0 saturated carbocycles. The second-order valence-corrected chi connectivity index (χ2v) is 5.56. The summed E-state index contributed by atoms with van der Waals surface area (Å²) in [5.74, 6) is -0.590. The molecule has 2 amide bonds. The molecule has 0 unspecified atom stereocenters. The van der Waals surface area contributed by atoms with Gasteiger partial charge >= 0.3 is 0 Å². The molecule has 0 aromatic heterocycles. The van der Waals surface area contributed by atoms with Crippen molar-refractivity contribution in [3.05, 3.63) is 58.7 Å². The van der Waals surface area contributed by atoms with E-state index >= 15 is 0 Å². The average molecular weight is 311 g/mol. The Labute approximate surface area is 135 Å². The van der Waals surface area contributed by atoms with Crippen molar-refractivity contribution < 1.29 is 9.59 Å². The summed E-state index contributed by atoms with van der Waals surface area (Å²) >= 11 is 0. The molecule has 2 aromatic carbocycles. The first-order valence-electron chi connectivity index (χ1n) is 7.39. The van der Waals surface area contributed by atoms with Gasteiger partial charge in [0.1, 0.15) is 0 Å². The Morgan fingerprint density at radius 2 is 1.65 bits per heavy atom. The van der Waals surface area contributed by atoms with E-state index in [9.17, 15) is 9.59 Å². The van der Waals surface area contributed by atoms with E-state index in [2.05, 4.69) is 10.6 Å². The highest BCUT2D eigenvalue weighted by atomic mass is 16.2. The molecule has 0 spiro atoms. The van der Waals surface area contributed by atoms with Gasteiger partial charge in [0, 0.05) is 16.9 Å². The minimum atomic E-state index is -0.465. The van der Waals surface area contributed by atoms with Crippen LogP contribution in [0.4, 0.5) is 11.4 Å². The Balaban J connectivity index is 2.01. The minimum absolute atomic E-state index is 0.124. The lowest BCUT2D eigenvalue weighted by Gasteiger charge is -2.13. The average Bonchev–Trinajstić information content (AvgIpc) is 2.49. The lowest BCUT2D eigenvalue weighted by molar-refractivity contribution is -0.114. The summed E-state index contributed by atoms with van der Waals surface area (Å²) in [6.45, 7) is 5.92. The third kappa shape index (κ3) is 4.10. The summed E-state index contributed by atoms with van der Waals surface area (Å²) in [7, 11) is 0. The number of carbonyl (C=O) groups is 2. The maximum absolute atomic E-state index is 12.1. The van der Waals surface area contributed by atoms with E-state index in [1.165, 1.54) is 0 Å². The van der Waals surface area contributed by atoms with Crippen molar-refractivity contribution in [3.63, 3.8) is 0 Å². The van der Waals surface area contributed by atoms with Crippen molar-refractivity contribution in [1.82, 2.24) is 0 Å². The predicted octanol–water partition coefficient (Wildman–Crippen LogP) is 2.76. The molecule has 5 heteroatoms. The number of nitrogens with two attached hydrogens (primary N) is 1. The normalized spacial score (nSPS) is 10.2. The number of anilines is 2. The molecule has 0 atom stereocenters. The van der Waals surface area contributed by atoms with Crippen molar-refractivity contribution in [1.29, 1.82) is 0 Å². The van der Waals surface area contributed by atoms with Crippen LogP contribution in [0.5, 0.6) is 0 Å². The Morgan fingerprint density at radius 3 is 2.22 bits per heavy atom. The molecule has 0 heterocycles. The fourth-order valence-corrected chi connectivity index (χ4v) is 2.39. The van der Waals surface area contributed by atoms with E-state index in [-0.39, 0.29) is 12.5 Å². The van der Waals surface area contributed by atoms with Gasteiger partial charge in [-0.15, -0.1) is 0 Å².